The van der Waals surface area contributed by atoms with E-state index >= 15 is 0 Å². The molecule has 0 aliphatic heterocycles. The highest BCUT2D eigenvalue weighted by Gasteiger charge is 2.08. The molecule has 1 aromatic carbocycles. The van der Waals surface area contributed by atoms with Crippen molar-refractivity contribution in [2.45, 2.75) is 32.6 Å². The SMILES string of the molecule is CCCCCc1cc2sc(-c3ccc(OC)cc3)cc2s1. The molecule has 0 N–H and O–H groups in total. The van der Waals surface area contributed by atoms with Crippen molar-refractivity contribution >= 4 is 32.1 Å². The van der Waals surface area contributed by atoms with Gasteiger partial charge in [-0.1, -0.05) is 19.8 Å². The zero-order chi connectivity index (χ0) is 14.7. The van der Waals surface area contributed by atoms with Crippen LogP contribution in [0.3, 0.4) is 0 Å². The number of rotatable bonds is 6. The van der Waals surface area contributed by atoms with Crippen LogP contribution in [0.15, 0.2) is 36.4 Å². The van der Waals surface area contributed by atoms with Crippen LogP contribution in [-0.2, 0) is 6.42 Å². The second-order valence-electron chi connectivity index (χ2n) is 5.24. The van der Waals surface area contributed by atoms with E-state index in [1.165, 1.54) is 50.4 Å². The summed E-state index contributed by atoms with van der Waals surface area (Å²) in [6.07, 6.45) is 5.18. The van der Waals surface area contributed by atoms with Gasteiger partial charge in [0, 0.05) is 19.2 Å². The predicted octanol–water partition coefficient (Wildman–Crippen LogP) is 6.37. The van der Waals surface area contributed by atoms with E-state index in [9.17, 15) is 0 Å². The second-order valence-corrected chi connectivity index (χ2v) is 7.49. The molecule has 2 heterocycles. The van der Waals surface area contributed by atoms with Gasteiger partial charge in [-0.15, -0.1) is 22.7 Å². The van der Waals surface area contributed by atoms with Gasteiger partial charge in [0.05, 0.1) is 7.11 Å². The number of hydrogen-bond acceptors (Lipinski definition) is 3. The smallest absolute Gasteiger partial charge is 0.118 e. The summed E-state index contributed by atoms with van der Waals surface area (Å²) in [6, 6.07) is 13.0. The minimum absolute atomic E-state index is 0.912. The first-order valence-electron chi connectivity index (χ1n) is 7.47. The molecule has 3 rings (SSSR count). The summed E-state index contributed by atoms with van der Waals surface area (Å²) in [5, 5.41) is 0. The van der Waals surface area contributed by atoms with E-state index in [1.54, 1.807) is 7.11 Å². The molecule has 0 saturated heterocycles. The van der Waals surface area contributed by atoms with Crippen LogP contribution in [0.2, 0.25) is 0 Å². The van der Waals surface area contributed by atoms with Gasteiger partial charge in [0.25, 0.3) is 0 Å². The van der Waals surface area contributed by atoms with Crippen LogP contribution in [0.25, 0.3) is 19.8 Å². The molecule has 0 bridgehead atoms. The number of fused-ring (bicyclic) bond motifs is 1. The molecule has 0 unspecified atom stereocenters. The van der Waals surface area contributed by atoms with E-state index in [1.807, 2.05) is 34.8 Å². The number of hydrogen-bond donors (Lipinski definition) is 0. The number of thiophene rings is 2. The highest BCUT2D eigenvalue weighted by Crippen LogP contribution is 2.39. The highest BCUT2D eigenvalue weighted by atomic mass is 32.1. The average Bonchev–Trinajstić information content (AvgIpc) is 3.06. The number of aryl methyl sites for hydroxylation is 1. The molecule has 3 aromatic rings. The van der Waals surface area contributed by atoms with Crippen molar-refractivity contribution in [2.24, 2.45) is 0 Å². The first-order valence-corrected chi connectivity index (χ1v) is 9.10. The van der Waals surface area contributed by atoms with Gasteiger partial charge in [0.2, 0.25) is 0 Å². The van der Waals surface area contributed by atoms with Crippen LogP contribution in [0.4, 0.5) is 0 Å². The van der Waals surface area contributed by atoms with Gasteiger partial charge < -0.3 is 4.74 Å². The third kappa shape index (κ3) is 3.30. The molecule has 21 heavy (non-hydrogen) atoms. The van der Waals surface area contributed by atoms with Crippen molar-refractivity contribution in [1.29, 1.82) is 0 Å². The van der Waals surface area contributed by atoms with Crippen molar-refractivity contribution in [2.75, 3.05) is 7.11 Å². The molecule has 0 atom stereocenters. The maximum atomic E-state index is 5.22. The van der Waals surface area contributed by atoms with Crippen molar-refractivity contribution < 1.29 is 4.74 Å². The van der Waals surface area contributed by atoms with Gasteiger partial charge in [-0.05, 0) is 54.8 Å². The number of unbranched alkanes of at least 4 members (excludes halogenated alkanes) is 2. The lowest BCUT2D eigenvalue weighted by molar-refractivity contribution is 0.415. The predicted molar refractivity (Wildman–Crippen MR) is 94.9 cm³/mol. The van der Waals surface area contributed by atoms with Crippen molar-refractivity contribution in [1.82, 2.24) is 0 Å². The molecule has 0 amide bonds. The Morgan fingerprint density at radius 3 is 2.38 bits per heavy atom. The molecule has 0 fully saturated rings. The third-order valence-electron chi connectivity index (χ3n) is 3.66. The molecule has 0 aliphatic rings. The lowest BCUT2D eigenvalue weighted by atomic mass is 10.2. The Hall–Kier alpha value is -1.32. The zero-order valence-electron chi connectivity index (χ0n) is 12.5. The van der Waals surface area contributed by atoms with Crippen molar-refractivity contribution in [3.63, 3.8) is 0 Å². The fraction of sp³-hybridized carbons (Fsp3) is 0.333. The Morgan fingerprint density at radius 2 is 1.71 bits per heavy atom. The van der Waals surface area contributed by atoms with Gasteiger partial charge in [-0.3, -0.25) is 0 Å². The summed E-state index contributed by atoms with van der Waals surface area (Å²) in [7, 11) is 1.70. The van der Waals surface area contributed by atoms with Crippen LogP contribution < -0.4 is 4.74 Å². The minimum Gasteiger partial charge on any atom is -0.497 e. The number of ether oxygens (including phenoxy) is 1. The Morgan fingerprint density at radius 1 is 0.952 bits per heavy atom. The molecule has 110 valence electrons. The Balaban J connectivity index is 1.79. The van der Waals surface area contributed by atoms with E-state index in [4.69, 9.17) is 4.74 Å². The Labute approximate surface area is 134 Å². The lowest BCUT2D eigenvalue weighted by Crippen LogP contribution is -1.81. The van der Waals surface area contributed by atoms with Crippen LogP contribution in [-0.4, -0.2) is 7.11 Å². The molecule has 2 aromatic heterocycles. The molecule has 0 saturated carbocycles. The zero-order valence-corrected chi connectivity index (χ0v) is 14.2. The summed E-state index contributed by atoms with van der Waals surface area (Å²) >= 11 is 3.85. The fourth-order valence-electron chi connectivity index (χ4n) is 2.46. The van der Waals surface area contributed by atoms with E-state index in [-0.39, 0.29) is 0 Å². The van der Waals surface area contributed by atoms with Gasteiger partial charge >= 0.3 is 0 Å². The molecular weight excluding hydrogens is 296 g/mol. The van der Waals surface area contributed by atoms with Gasteiger partial charge in [0.1, 0.15) is 5.75 Å². The highest BCUT2D eigenvalue weighted by molar-refractivity contribution is 7.29. The molecule has 0 radical (unpaired) electrons. The van der Waals surface area contributed by atoms with E-state index < -0.39 is 0 Å². The largest absolute Gasteiger partial charge is 0.497 e. The topological polar surface area (TPSA) is 9.23 Å². The number of methoxy groups -OCH3 is 1. The van der Waals surface area contributed by atoms with Crippen LogP contribution in [0.1, 0.15) is 31.1 Å². The second kappa shape index (κ2) is 6.63. The van der Waals surface area contributed by atoms with Gasteiger partial charge in [-0.2, -0.15) is 0 Å². The molecule has 0 spiro atoms. The first kappa shape index (κ1) is 14.6. The average molecular weight is 316 g/mol. The van der Waals surface area contributed by atoms with E-state index in [0.29, 0.717) is 0 Å². The van der Waals surface area contributed by atoms with Crippen LogP contribution in [0, 0.1) is 0 Å². The summed E-state index contributed by atoms with van der Waals surface area (Å²) in [5.41, 5.74) is 1.27. The summed E-state index contributed by atoms with van der Waals surface area (Å²) in [6.45, 7) is 2.26. The maximum absolute atomic E-state index is 5.22. The number of benzene rings is 1. The maximum Gasteiger partial charge on any atom is 0.118 e. The third-order valence-corrected chi connectivity index (χ3v) is 6.06. The molecule has 1 nitrogen and oxygen atoms in total. The summed E-state index contributed by atoms with van der Waals surface area (Å²) in [5.74, 6) is 0.912. The van der Waals surface area contributed by atoms with Crippen molar-refractivity contribution in [3.8, 4) is 16.2 Å². The quantitative estimate of drug-likeness (QED) is 0.480. The monoisotopic (exact) mass is 316 g/mol. The fourth-order valence-corrected chi connectivity index (χ4v) is 4.93. The standard InChI is InChI=1S/C18H20OS2/c1-3-4-5-6-15-11-17-18(20-15)12-16(21-17)13-7-9-14(19-2)10-8-13/h7-12H,3-6H2,1-2H3. The Kier molecular flexibility index (Phi) is 4.61. The van der Waals surface area contributed by atoms with Gasteiger partial charge in [0.15, 0.2) is 0 Å². The first-order chi connectivity index (χ1) is 10.3. The Bertz CT molecular complexity index is 675. The van der Waals surface area contributed by atoms with Crippen molar-refractivity contribution in [3.05, 3.63) is 41.3 Å². The van der Waals surface area contributed by atoms with Crippen LogP contribution >= 0.6 is 22.7 Å². The molecule has 3 heteroatoms. The minimum atomic E-state index is 0.912. The molecule has 0 aliphatic carbocycles. The lowest BCUT2D eigenvalue weighted by Gasteiger charge is -2.00. The summed E-state index contributed by atoms with van der Waals surface area (Å²) in [4.78, 5) is 2.88. The van der Waals surface area contributed by atoms with E-state index in [2.05, 4.69) is 31.2 Å². The van der Waals surface area contributed by atoms with E-state index in [0.717, 1.165) is 5.75 Å². The molecular formula is C18H20OS2. The summed E-state index contributed by atoms with van der Waals surface area (Å²) < 4.78 is 8.07. The van der Waals surface area contributed by atoms with Gasteiger partial charge in [-0.25, -0.2) is 0 Å². The van der Waals surface area contributed by atoms with Crippen LogP contribution in [0.5, 0.6) is 5.75 Å². The normalized spacial score (nSPS) is 11.1.